The Hall–Kier alpha value is -2.47. The van der Waals surface area contributed by atoms with Crippen molar-refractivity contribution in [2.24, 2.45) is 11.8 Å². The number of piperazine rings is 1. The van der Waals surface area contributed by atoms with Crippen molar-refractivity contribution in [2.75, 3.05) is 50.7 Å². The molecule has 0 N–H and O–H groups in total. The summed E-state index contributed by atoms with van der Waals surface area (Å²) in [5.41, 5.74) is 0.889. The number of anilines is 1. The Morgan fingerprint density at radius 1 is 1.13 bits per heavy atom. The molecular formula is C25H33FN4O. The normalized spacial score (nSPS) is 21.2. The molecule has 4 rings (SSSR count). The number of halogens is 1. The summed E-state index contributed by atoms with van der Waals surface area (Å²) in [6.07, 6.45) is 4.69. The Kier molecular flexibility index (Phi) is 7.17. The maximum absolute atomic E-state index is 13.5. The number of pyridine rings is 1. The average molecular weight is 425 g/mol. The number of rotatable bonds is 6. The van der Waals surface area contributed by atoms with E-state index in [1.807, 2.05) is 36.2 Å². The van der Waals surface area contributed by atoms with Gasteiger partial charge in [0.05, 0.1) is 0 Å². The first-order valence-corrected chi connectivity index (χ1v) is 11.5. The van der Waals surface area contributed by atoms with E-state index in [1.165, 1.54) is 18.6 Å². The zero-order valence-electron chi connectivity index (χ0n) is 18.4. The summed E-state index contributed by atoms with van der Waals surface area (Å²) in [6.45, 7) is 8.77. The lowest BCUT2D eigenvalue weighted by atomic mass is 9.94. The van der Waals surface area contributed by atoms with Crippen LogP contribution >= 0.6 is 0 Å². The molecule has 2 aliphatic heterocycles. The number of carbonyl (C=O) groups is 1. The third kappa shape index (κ3) is 5.82. The minimum Gasteiger partial charge on any atom is -0.354 e. The first-order chi connectivity index (χ1) is 15.1. The molecule has 2 atom stereocenters. The molecule has 3 heterocycles. The van der Waals surface area contributed by atoms with Gasteiger partial charge >= 0.3 is 0 Å². The van der Waals surface area contributed by atoms with E-state index in [0.717, 1.165) is 63.6 Å². The van der Waals surface area contributed by atoms with E-state index in [9.17, 15) is 9.18 Å². The molecule has 2 saturated heterocycles. The fourth-order valence-electron chi connectivity index (χ4n) is 4.90. The highest BCUT2D eigenvalue weighted by Gasteiger charge is 2.29. The van der Waals surface area contributed by atoms with Gasteiger partial charge in [-0.15, -0.1) is 0 Å². The van der Waals surface area contributed by atoms with Crippen molar-refractivity contribution in [3.05, 3.63) is 60.0 Å². The van der Waals surface area contributed by atoms with Gasteiger partial charge in [-0.3, -0.25) is 9.69 Å². The lowest BCUT2D eigenvalue weighted by Gasteiger charge is -2.40. The van der Waals surface area contributed by atoms with Gasteiger partial charge in [0.1, 0.15) is 11.6 Å². The largest absolute Gasteiger partial charge is 0.354 e. The van der Waals surface area contributed by atoms with Gasteiger partial charge in [-0.05, 0) is 55.0 Å². The molecule has 0 spiro atoms. The third-order valence-corrected chi connectivity index (χ3v) is 6.55. The molecule has 2 aromatic rings. The van der Waals surface area contributed by atoms with Gasteiger partial charge in [-0.1, -0.05) is 25.1 Å². The number of piperidine rings is 1. The highest BCUT2D eigenvalue weighted by Crippen LogP contribution is 2.22. The van der Waals surface area contributed by atoms with Crippen LogP contribution in [-0.4, -0.2) is 66.5 Å². The van der Waals surface area contributed by atoms with Gasteiger partial charge in [0.25, 0.3) is 0 Å². The predicted molar refractivity (Wildman–Crippen MR) is 121 cm³/mol. The molecule has 0 saturated carbocycles. The number of benzene rings is 1. The zero-order chi connectivity index (χ0) is 21.6. The lowest BCUT2D eigenvalue weighted by Crippen LogP contribution is -2.50. The van der Waals surface area contributed by atoms with Crippen molar-refractivity contribution in [3.63, 3.8) is 0 Å². The molecule has 1 aromatic heterocycles. The number of carbonyl (C=O) groups excluding carboxylic acids is 1. The summed E-state index contributed by atoms with van der Waals surface area (Å²) in [5, 5.41) is 0. The SMILES string of the molecule is CC(Cc1cccc(F)c1)C(=O)N1CCCC(CN2CCN(c3ccccn3)CC2)C1. The molecule has 2 aliphatic rings. The van der Waals surface area contributed by atoms with Gasteiger partial charge in [0.15, 0.2) is 0 Å². The second-order valence-corrected chi connectivity index (χ2v) is 9.00. The van der Waals surface area contributed by atoms with E-state index in [4.69, 9.17) is 0 Å². The highest BCUT2D eigenvalue weighted by atomic mass is 19.1. The number of hydrogen-bond acceptors (Lipinski definition) is 4. The smallest absolute Gasteiger partial charge is 0.225 e. The maximum atomic E-state index is 13.5. The van der Waals surface area contributed by atoms with Crippen LogP contribution in [0.4, 0.5) is 10.2 Å². The van der Waals surface area contributed by atoms with Crippen molar-refractivity contribution in [3.8, 4) is 0 Å². The molecule has 31 heavy (non-hydrogen) atoms. The summed E-state index contributed by atoms with van der Waals surface area (Å²) in [6, 6.07) is 12.7. The second kappa shape index (κ2) is 10.2. The first-order valence-electron chi connectivity index (χ1n) is 11.5. The summed E-state index contributed by atoms with van der Waals surface area (Å²) < 4.78 is 13.5. The number of likely N-dealkylation sites (tertiary alicyclic amines) is 1. The third-order valence-electron chi connectivity index (χ3n) is 6.55. The summed E-state index contributed by atoms with van der Waals surface area (Å²) in [7, 11) is 0. The highest BCUT2D eigenvalue weighted by molar-refractivity contribution is 5.79. The zero-order valence-corrected chi connectivity index (χ0v) is 18.4. The van der Waals surface area contributed by atoms with E-state index < -0.39 is 0 Å². The van der Waals surface area contributed by atoms with Crippen LogP contribution in [0.15, 0.2) is 48.7 Å². The monoisotopic (exact) mass is 424 g/mol. The van der Waals surface area contributed by atoms with Crippen LogP contribution in [0.5, 0.6) is 0 Å². The topological polar surface area (TPSA) is 39.7 Å². The van der Waals surface area contributed by atoms with Gasteiger partial charge in [0.2, 0.25) is 5.91 Å². The summed E-state index contributed by atoms with van der Waals surface area (Å²) >= 11 is 0. The lowest BCUT2D eigenvalue weighted by molar-refractivity contribution is -0.137. The maximum Gasteiger partial charge on any atom is 0.225 e. The van der Waals surface area contributed by atoms with E-state index in [0.29, 0.717) is 12.3 Å². The minimum absolute atomic E-state index is 0.123. The van der Waals surface area contributed by atoms with Gasteiger partial charge < -0.3 is 9.80 Å². The summed E-state index contributed by atoms with van der Waals surface area (Å²) in [4.78, 5) is 24.4. The Morgan fingerprint density at radius 2 is 1.97 bits per heavy atom. The van der Waals surface area contributed by atoms with Crippen molar-refractivity contribution in [2.45, 2.75) is 26.2 Å². The van der Waals surface area contributed by atoms with E-state index >= 15 is 0 Å². The van der Waals surface area contributed by atoms with Crippen molar-refractivity contribution in [1.29, 1.82) is 0 Å². The molecule has 2 fully saturated rings. The van der Waals surface area contributed by atoms with Gasteiger partial charge in [0, 0.05) is 57.9 Å². The van der Waals surface area contributed by atoms with Crippen LogP contribution in [-0.2, 0) is 11.2 Å². The Bertz CT molecular complexity index is 854. The molecule has 5 nitrogen and oxygen atoms in total. The first kappa shape index (κ1) is 21.8. The Balaban J connectivity index is 1.25. The standard InChI is InChI=1S/C25H33FN4O/c1-20(16-21-6-4-8-23(26)17-21)25(31)30-11-5-7-22(19-30)18-28-12-14-29(15-13-28)24-9-2-3-10-27-24/h2-4,6,8-10,17,20,22H,5,7,11-16,18-19H2,1H3. The van der Waals surface area contributed by atoms with Crippen LogP contribution in [0.25, 0.3) is 0 Å². The molecule has 1 aromatic carbocycles. The van der Waals surface area contributed by atoms with Crippen molar-refractivity contribution < 1.29 is 9.18 Å². The minimum atomic E-state index is -0.238. The summed E-state index contributed by atoms with van der Waals surface area (Å²) in [5.74, 6) is 1.43. The van der Waals surface area contributed by atoms with Gasteiger partial charge in [-0.25, -0.2) is 9.37 Å². The number of amides is 1. The van der Waals surface area contributed by atoms with Crippen LogP contribution in [0.2, 0.25) is 0 Å². The average Bonchev–Trinajstić information content (AvgIpc) is 2.80. The van der Waals surface area contributed by atoms with E-state index in [2.05, 4.69) is 20.9 Å². The predicted octanol–water partition coefficient (Wildman–Crippen LogP) is 3.46. The Labute approximate surface area is 184 Å². The molecule has 0 radical (unpaired) electrons. The Morgan fingerprint density at radius 3 is 2.71 bits per heavy atom. The molecule has 0 aliphatic carbocycles. The number of nitrogens with zero attached hydrogens (tertiary/aromatic N) is 4. The second-order valence-electron chi connectivity index (χ2n) is 9.00. The van der Waals surface area contributed by atoms with Crippen LogP contribution in [0, 0.1) is 17.7 Å². The van der Waals surface area contributed by atoms with E-state index in [-0.39, 0.29) is 17.6 Å². The van der Waals surface area contributed by atoms with Crippen molar-refractivity contribution in [1.82, 2.24) is 14.8 Å². The number of aromatic nitrogens is 1. The van der Waals surface area contributed by atoms with E-state index in [1.54, 1.807) is 6.07 Å². The molecular weight excluding hydrogens is 391 g/mol. The molecule has 1 amide bonds. The van der Waals surface area contributed by atoms with Gasteiger partial charge in [-0.2, -0.15) is 0 Å². The molecule has 6 heteroatoms. The van der Waals surface area contributed by atoms with Crippen molar-refractivity contribution >= 4 is 11.7 Å². The molecule has 2 unspecified atom stereocenters. The number of hydrogen-bond donors (Lipinski definition) is 0. The van der Waals surface area contributed by atoms with Crippen LogP contribution in [0.1, 0.15) is 25.3 Å². The molecule has 166 valence electrons. The van der Waals surface area contributed by atoms with Crippen LogP contribution < -0.4 is 4.90 Å². The quantitative estimate of drug-likeness (QED) is 0.712. The fourth-order valence-corrected chi connectivity index (χ4v) is 4.90. The van der Waals surface area contributed by atoms with Crippen LogP contribution in [0.3, 0.4) is 0 Å². The fraction of sp³-hybridized carbons (Fsp3) is 0.520. The molecule has 0 bridgehead atoms.